The van der Waals surface area contributed by atoms with Gasteiger partial charge < -0.3 is 15.2 Å². The van der Waals surface area contributed by atoms with Gasteiger partial charge in [0, 0.05) is 19.6 Å². The molecule has 0 radical (unpaired) electrons. The molecular weight excluding hydrogens is 182 g/mol. The number of amides is 1. The first-order valence-electron chi connectivity index (χ1n) is 5.22. The molecule has 0 aliphatic carbocycles. The molecule has 0 bridgehead atoms. The fraction of sp³-hybridized carbons (Fsp3) is 0.900. The van der Waals surface area contributed by atoms with Gasteiger partial charge in [-0.15, -0.1) is 0 Å². The fourth-order valence-corrected chi connectivity index (χ4v) is 1.06. The number of nitrogens with one attached hydrogen (secondary N) is 1. The molecule has 0 aromatic carbocycles. The topological polar surface area (TPSA) is 58.6 Å². The first-order valence-corrected chi connectivity index (χ1v) is 5.22. The molecule has 0 spiro atoms. The number of aliphatic hydroxyl groups is 1. The van der Waals surface area contributed by atoms with Crippen LogP contribution < -0.4 is 5.32 Å². The lowest BCUT2D eigenvalue weighted by atomic mass is 10.2. The van der Waals surface area contributed by atoms with Crippen LogP contribution in [0.5, 0.6) is 0 Å². The van der Waals surface area contributed by atoms with Gasteiger partial charge in [0.1, 0.15) is 0 Å². The quantitative estimate of drug-likeness (QED) is 0.571. The maximum absolute atomic E-state index is 11.3. The predicted octanol–water partition coefficient (Wildman–Crippen LogP) is 0.690. The Balaban J connectivity index is 3.44. The second-order valence-corrected chi connectivity index (χ2v) is 3.16. The summed E-state index contributed by atoms with van der Waals surface area (Å²) in [7, 11) is 0. The van der Waals surface area contributed by atoms with Crippen molar-refractivity contribution in [3.8, 4) is 0 Å². The molecule has 0 rings (SSSR count). The lowest BCUT2D eigenvalue weighted by Gasteiger charge is -2.13. The summed E-state index contributed by atoms with van der Waals surface area (Å²) in [5.41, 5.74) is 0. The average molecular weight is 203 g/mol. The molecule has 0 aliphatic heterocycles. The van der Waals surface area contributed by atoms with E-state index in [1.807, 2.05) is 13.8 Å². The van der Waals surface area contributed by atoms with E-state index in [1.54, 1.807) is 0 Å². The van der Waals surface area contributed by atoms with Crippen molar-refractivity contribution in [3.63, 3.8) is 0 Å². The first-order chi connectivity index (χ1) is 6.74. The van der Waals surface area contributed by atoms with Crippen LogP contribution in [0.4, 0.5) is 0 Å². The Labute approximate surface area is 85.6 Å². The number of aliphatic hydroxyl groups excluding tert-OH is 1. The molecule has 0 saturated carbocycles. The SMILES string of the molecule is CCOCCCC(=O)NC(CC)CO. The minimum Gasteiger partial charge on any atom is -0.394 e. The van der Waals surface area contributed by atoms with Gasteiger partial charge in [-0.1, -0.05) is 6.92 Å². The van der Waals surface area contributed by atoms with Crippen LogP contribution in [0.2, 0.25) is 0 Å². The third-order valence-electron chi connectivity index (χ3n) is 1.97. The third-order valence-corrected chi connectivity index (χ3v) is 1.97. The molecule has 0 saturated heterocycles. The second kappa shape index (κ2) is 8.97. The molecule has 4 heteroatoms. The molecule has 14 heavy (non-hydrogen) atoms. The van der Waals surface area contributed by atoms with Gasteiger partial charge in [0.05, 0.1) is 12.6 Å². The van der Waals surface area contributed by atoms with Crippen LogP contribution in [0.1, 0.15) is 33.1 Å². The Bertz CT molecular complexity index is 146. The van der Waals surface area contributed by atoms with E-state index < -0.39 is 0 Å². The van der Waals surface area contributed by atoms with E-state index in [4.69, 9.17) is 9.84 Å². The van der Waals surface area contributed by atoms with Gasteiger partial charge in [-0.3, -0.25) is 4.79 Å². The average Bonchev–Trinajstić information content (AvgIpc) is 2.21. The summed E-state index contributed by atoms with van der Waals surface area (Å²) >= 11 is 0. The molecule has 0 heterocycles. The van der Waals surface area contributed by atoms with Crippen molar-refractivity contribution in [2.75, 3.05) is 19.8 Å². The highest BCUT2D eigenvalue weighted by molar-refractivity contribution is 5.76. The van der Waals surface area contributed by atoms with Crippen LogP contribution in [-0.4, -0.2) is 36.9 Å². The van der Waals surface area contributed by atoms with Gasteiger partial charge in [0.25, 0.3) is 0 Å². The van der Waals surface area contributed by atoms with Crippen molar-refractivity contribution < 1.29 is 14.6 Å². The molecule has 1 atom stereocenters. The number of hydrogen-bond donors (Lipinski definition) is 2. The molecule has 0 aromatic heterocycles. The number of carbonyl (C=O) groups is 1. The van der Waals surface area contributed by atoms with Crippen molar-refractivity contribution >= 4 is 5.91 Å². The van der Waals surface area contributed by atoms with Crippen molar-refractivity contribution in [3.05, 3.63) is 0 Å². The molecule has 0 fully saturated rings. The molecule has 2 N–H and O–H groups in total. The highest BCUT2D eigenvalue weighted by Crippen LogP contribution is 1.94. The van der Waals surface area contributed by atoms with E-state index in [0.29, 0.717) is 19.6 Å². The summed E-state index contributed by atoms with van der Waals surface area (Å²) in [6.07, 6.45) is 1.96. The first kappa shape index (κ1) is 13.4. The summed E-state index contributed by atoms with van der Waals surface area (Å²) in [5, 5.41) is 11.6. The van der Waals surface area contributed by atoms with Crippen LogP contribution in [-0.2, 0) is 9.53 Å². The molecule has 84 valence electrons. The van der Waals surface area contributed by atoms with Crippen LogP contribution in [0.3, 0.4) is 0 Å². The lowest BCUT2D eigenvalue weighted by molar-refractivity contribution is -0.122. The van der Waals surface area contributed by atoms with Crippen LogP contribution in [0, 0.1) is 0 Å². The highest BCUT2D eigenvalue weighted by atomic mass is 16.5. The predicted molar refractivity (Wildman–Crippen MR) is 55.0 cm³/mol. The smallest absolute Gasteiger partial charge is 0.220 e. The molecular formula is C10H21NO3. The van der Waals surface area contributed by atoms with E-state index in [-0.39, 0.29) is 18.6 Å². The Hall–Kier alpha value is -0.610. The minimum atomic E-state index is -0.102. The summed E-state index contributed by atoms with van der Waals surface area (Å²) in [6.45, 7) is 5.18. The zero-order valence-corrected chi connectivity index (χ0v) is 9.08. The maximum atomic E-state index is 11.3. The zero-order valence-electron chi connectivity index (χ0n) is 9.08. The number of carbonyl (C=O) groups excluding carboxylic acids is 1. The van der Waals surface area contributed by atoms with Gasteiger partial charge in [-0.25, -0.2) is 0 Å². The third kappa shape index (κ3) is 6.86. The van der Waals surface area contributed by atoms with Crippen LogP contribution in [0.25, 0.3) is 0 Å². The molecule has 1 amide bonds. The van der Waals surface area contributed by atoms with Gasteiger partial charge in [-0.05, 0) is 19.8 Å². The Kier molecular flexibility index (Phi) is 8.57. The zero-order chi connectivity index (χ0) is 10.8. The van der Waals surface area contributed by atoms with E-state index >= 15 is 0 Å². The normalized spacial score (nSPS) is 12.5. The van der Waals surface area contributed by atoms with Crippen molar-refractivity contribution in [1.29, 1.82) is 0 Å². The Morgan fingerprint density at radius 1 is 1.50 bits per heavy atom. The van der Waals surface area contributed by atoms with E-state index in [2.05, 4.69) is 5.32 Å². The molecule has 4 nitrogen and oxygen atoms in total. The standard InChI is InChI=1S/C10H21NO3/c1-3-9(8-12)11-10(13)6-5-7-14-4-2/h9,12H,3-8H2,1-2H3,(H,11,13). The largest absolute Gasteiger partial charge is 0.394 e. The van der Waals surface area contributed by atoms with Gasteiger partial charge in [0.2, 0.25) is 5.91 Å². The van der Waals surface area contributed by atoms with Gasteiger partial charge in [-0.2, -0.15) is 0 Å². The van der Waals surface area contributed by atoms with Gasteiger partial charge in [0.15, 0.2) is 0 Å². The summed E-state index contributed by atoms with van der Waals surface area (Å²) in [5.74, 6) is -0.00870. The van der Waals surface area contributed by atoms with E-state index in [1.165, 1.54) is 0 Å². The summed E-state index contributed by atoms with van der Waals surface area (Å²) in [6, 6.07) is -0.102. The van der Waals surface area contributed by atoms with Crippen molar-refractivity contribution in [2.24, 2.45) is 0 Å². The lowest BCUT2D eigenvalue weighted by Crippen LogP contribution is -2.36. The van der Waals surface area contributed by atoms with Gasteiger partial charge >= 0.3 is 0 Å². The summed E-state index contributed by atoms with van der Waals surface area (Å²) < 4.78 is 5.11. The van der Waals surface area contributed by atoms with E-state index in [9.17, 15) is 4.79 Å². The molecule has 0 aromatic rings. The second-order valence-electron chi connectivity index (χ2n) is 3.16. The van der Waals surface area contributed by atoms with Crippen LogP contribution >= 0.6 is 0 Å². The van der Waals surface area contributed by atoms with Crippen LogP contribution in [0.15, 0.2) is 0 Å². The Morgan fingerprint density at radius 2 is 2.21 bits per heavy atom. The monoisotopic (exact) mass is 203 g/mol. The minimum absolute atomic E-state index is 0.00764. The summed E-state index contributed by atoms with van der Waals surface area (Å²) in [4.78, 5) is 11.3. The highest BCUT2D eigenvalue weighted by Gasteiger charge is 2.08. The van der Waals surface area contributed by atoms with Crippen molar-refractivity contribution in [2.45, 2.75) is 39.2 Å². The molecule has 0 aliphatic rings. The van der Waals surface area contributed by atoms with E-state index in [0.717, 1.165) is 12.8 Å². The number of hydrogen-bond acceptors (Lipinski definition) is 3. The van der Waals surface area contributed by atoms with Crippen molar-refractivity contribution in [1.82, 2.24) is 5.32 Å². The Morgan fingerprint density at radius 3 is 2.71 bits per heavy atom. The number of rotatable bonds is 8. The maximum Gasteiger partial charge on any atom is 0.220 e. The fourth-order valence-electron chi connectivity index (χ4n) is 1.06. The number of ether oxygens (including phenoxy) is 1. The molecule has 1 unspecified atom stereocenters.